The zero-order chi connectivity index (χ0) is 15.8. The van der Waals surface area contributed by atoms with E-state index in [0.29, 0.717) is 5.56 Å². The van der Waals surface area contributed by atoms with Gasteiger partial charge < -0.3 is 14.7 Å². The lowest BCUT2D eigenvalue weighted by atomic mass is 10.1. The fourth-order valence-corrected chi connectivity index (χ4v) is 1.93. The molecule has 0 aromatic heterocycles. The fourth-order valence-electron chi connectivity index (χ4n) is 1.93. The summed E-state index contributed by atoms with van der Waals surface area (Å²) < 4.78 is 17.4. The van der Waals surface area contributed by atoms with Gasteiger partial charge in [0.05, 0.1) is 26.1 Å². The van der Waals surface area contributed by atoms with Crippen LogP contribution in [0.2, 0.25) is 0 Å². The number of hydrogen-bond acceptors (Lipinski definition) is 4. The van der Waals surface area contributed by atoms with Crippen molar-refractivity contribution in [3.63, 3.8) is 0 Å². The Morgan fingerprint density at radius 1 is 1.33 bits per heavy atom. The van der Waals surface area contributed by atoms with Gasteiger partial charge in [-0.15, -0.1) is 0 Å². The Kier molecular flexibility index (Phi) is 6.81. The van der Waals surface area contributed by atoms with Gasteiger partial charge in [-0.2, -0.15) is 0 Å². The third-order valence-electron chi connectivity index (χ3n) is 3.09. The Morgan fingerprint density at radius 2 is 1.95 bits per heavy atom. The number of amides is 1. The van der Waals surface area contributed by atoms with E-state index in [2.05, 4.69) is 4.74 Å². The molecule has 1 rings (SSSR count). The number of esters is 1. The van der Waals surface area contributed by atoms with Crippen molar-refractivity contribution in [3.05, 3.63) is 35.6 Å². The summed E-state index contributed by atoms with van der Waals surface area (Å²) in [6.45, 7) is 1.78. The van der Waals surface area contributed by atoms with E-state index in [1.165, 1.54) is 36.3 Å². The number of aliphatic hydroxyl groups is 1. The molecule has 1 atom stereocenters. The summed E-state index contributed by atoms with van der Waals surface area (Å²) in [5, 5.41) is 9.04. The van der Waals surface area contributed by atoms with Crippen LogP contribution in [0, 0.1) is 11.7 Å². The average Bonchev–Trinajstić information content (AvgIpc) is 2.48. The Bertz CT molecular complexity index is 475. The van der Waals surface area contributed by atoms with E-state index < -0.39 is 11.9 Å². The minimum atomic E-state index is -0.473. The molecule has 0 spiro atoms. The van der Waals surface area contributed by atoms with Crippen LogP contribution in [0.15, 0.2) is 24.3 Å². The van der Waals surface area contributed by atoms with E-state index in [9.17, 15) is 14.0 Å². The van der Waals surface area contributed by atoms with Crippen LogP contribution in [0.3, 0.4) is 0 Å². The summed E-state index contributed by atoms with van der Waals surface area (Å²) >= 11 is 0. The SMILES string of the molecule is COC(=O)C(C)CN(CCO)C(=O)Cc1ccc(F)cc1. The van der Waals surface area contributed by atoms with Gasteiger partial charge in [-0.25, -0.2) is 4.39 Å². The highest BCUT2D eigenvalue weighted by Crippen LogP contribution is 2.08. The second kappa shape index (κ2) is 8.36. The van der Waals surface area contributed by atoms with Gasteiger partial charge in [0.2, 0.25) is 5.91 Å². The Hall–Kier alpha value is -1.95. The smallest absolute Gasteiger partial charge is 0.310 e. The van der Waals surface area contributed by atoms with E-state index >= 15 is 0 Å². The maximum atomic E-state index is 12.8. The molecule has 0 aliphatic carbocycles. The van der Waals surface area contributed by atoms with Gasteiger partial charge in [0.15, 0.2) is 0 Å². The maximum Gasteiger partial charge on any atom is 0.310 e. The molecule has 21 heavy (non-hydrogen) atoms. The number of nitrogens with zero attached hydrogens (tertiary/aromatic N) is 1. The molecule has 116 valence electrons. The number of carbonyl (C=O) groups is 2. The first-order valence-corrected chi connectivity index (χ1v) is 6.68. The normalized spacial score (nSPS) is 11.8. The van der Waals surface area contributed by atoms with Gasteiger partial charge in [0.25, 0.3) is 0 Å². The van der Waals surface area contributed by atoms with Gasteiger partial charge in [-0.05, 0) is 17.7 Å². The Morgan fingerprint density at radius 3 is 2.48 bits per heavy atom. The minimum Gasteiger partial charge on any atom is -0.469 e. The molecule has 0 bridgehead atoms. The van der Waals surface area contributed by atoms with Crippen LogP contribution in [-0.2, 0) is 20.7 Å². The quantitative estimate of drug-likeness (QED) is 0.762. The molecular formula is C15H20FNO4. The number of aliphatic hydroxyl groups excluding tert-OH is 1. The van der Waals surface area contributed by atoms with Crippen LogP contribution in [0.4, 0.5) is 4.39 Å². The molecule has 0 saturated heterocycles. The van der Waals surface area contributed by atoms with E-state index in [0.717, 1.165) is 0 Å². The van der Waals surface area contributed by atoms with Crippen molar-refractivity contribution < 1.29 is 23.8 Å². The predicted molar refractivity (Wildman–Crippen MR) is 74.9 cm³/mol. The molecule has 1 unspecified atom stereocenters. The third kappa shape index (κ3) is 5.51. The first-order valence-electron chi connectivity index (χ1n) is 6.68. The van der Waals surface area contributed by atoms with E-state index in [-0.39, 0.29) is 37.8 Å². The lowest BCUT2D eigenvalue weighted by Gasteiger charge is -2.24. The number of halogens is 1. The van der Waals surface area contributed by atoms with Crippen molar-refractivity contribution in [3.8, 4) is 0 Å². The van der Waals surface area contributed by atoms with Crippen LogP contribution >= 0.6 is 0 Å². The average molecular weight is 297 g/mol. The van der Waals surface area contributed by atoms with Crippen molar-refractivity contribution in [1.29, 1.82) is 0 Å². The van der Waals surface area contributed by atoms with Crippen molar-refractivity contribution >= 4 is 11.9 Å². The van der Waals surface area contributed by atoms with Gasteiger partial charge in [0.1, 0.15) is 5.82 Å². The molecule has 0 heterocycles. The molecule has 0 aliphatic heterocycles. The standard InChI is InChI=1S/C15H20FNO4/c1-11(15(20)21-2)10-17(7-8-18)14(19)9-12-3-5-13(16)6-4-12/h3-6,11,18H,7-10H2,1-2H3. The molecular weight excluding hydrogens is 277 g/mol. The minimum absolute atomic E-state index is 0.0914. The first-order chi connectivity index (χ1) is 9.97. The second-order valence-corrected chi connectivity index (χ2v) is 4.79. The van der Waals surface area contributed by atoms with Crippen molar-refractivity contribution in [2.24, 2.45) is 5.92 Å². The molecule has 0 radical (unpaired) electrons. The van der Waals surface area contributed by atoms with E-state index in [4.69, 9.17) is 5.11 Å². The first kappa shape index (κ1) is 17.1. The summed E-state index contributed by atoms with van der Waals surface area (Å²) in [6, 6.07) is 5.65. The van der Waals surface area contributed by atoms with E-state index in [1.54, 1.807) is 6.92 Å². The van der Waals surface area contributed by atoms with Crippen LogP contribution in [0.25, 0.3) is 0 Å². The lowest BCUT2D eigenvalue weighted by Crippen LogP contribution is -2.39. The topological polar surface area (TPSA) is 66.8 Å². The van der Waals surface area contributed by atoms with Crippen LogP contribution in [0.1, 0.15) is 12.5 Å². The molecule has 1 aromatic rings. The molecule has 0 fully saturated rings. The molecule has 1 aromatic carbocycles. The van der Waals surface area contributed by atoms with Crippen molar-refractivity contribution in [2.45, 2.75) is 13.3 Å². The highest BCUT2D eigenvalue weighted by Gasteiger charge is 2.21. The molecule has 1 amide bonds. The number of hydrogen-bond donors (Lipinski definition) is 1. The molecule has 0 aliphatic rings. The highest BCUT2D eigenvalue weighted by atomic mass is 19.1. The largest absolute Gasteiger partial charge is 0.469 e. The number of ether oxygens (including phenoxy) is 1. The summed E-state index contributed by atoms with van der Waals surface area (Å²) in [5.41, 5.74) is 0.676. The number of carbonyl (C=O) groups excluding carboxylic acids is 2. The monoisotopic (exact) mass is 297 g/mol. The van der Waals surface area contributed by atoms with Crippen LogP contribution in [0.5, 0.6) is 0 Å². The van der Waals surface area contributed by atoms with Crippen molar-refractivity contribution in [2.75, 3.05) is 26.8 Å². The zero-order valence-corrected chi connectivity index (χ0v) is 12.2. The molecule has 0 saturated carbocycles. The van der Waals surface area contributed by atoms with Gasteiger partial charge >= 0.3 is 5.97 Å². The lowest BCUT2D eigenvalue weighted by molar-refractivity contribution is -0.146. The summed E-state index contributed by atoms with van der Waals surface area (Å²) in [7, 11) is 1.29. The summed E-state index contributed by atoms with van der Waals surface area (Å²) in [5.74, 6) is -1.48. The van der Waals surface area contributed by atoms with E-state index in [1.807, 2.05) is 0 Å². The zero-order valence-electron chi connectivity index (χ0n) is 12.2. The summed E-state index contributed by atoms with van der Waals surface area (Å²) in [4.78, 5) is 25.0. The third-order valence-corrected chi connectivity index (χ3v) is 3.09. The molecule has 5 nitrogen and oxygen atoms in total. The molecule has 6 heteroatoms. The van der Waals surface area contributed by atoms with Crippen molar-refractivity contribution in [1.82, 2.24) is 4.90 Å². The highest BCUT2D eigenvalue weighted by molar-refractivity contribution is 5.80. The second-order valence-electron chi connectivity index (χ2n) is 4.79. The van der Waals surface area contributed by atoms with Gasteiger partial charge in [-0.3, -0.25) is 9.59 Å². The fraction of sp³-hybridized carbons (Fsp3) is 0.467. The number of methoxy groups -OCH3 is 1. The van der Waals surface area contributed by atoms with Crippen LogP contribution < -0.4 is 0 Å². The van der Waals surface area contributed by atoms with Gasteiger partial charge in [-0.1, -0.05) is 19.1 Å². The van der Waals surface area contributed by atoms with Gasteiger partial charge in [0, 0.05) is 13.1 Å². The van der Waals surface area contributed by atoms with Crippen LogP contribution in [-0.4, -0.2) is 48.7 Å². The number of rotatable bonds is 7. The maximum absolute atomic E-state index is 12.8. The Labute approximate surface area is 123 Å². The Balaban J connectivity index is 2.68. The summed E-state index contributed by atoms with van der Waals surface area (Å²) in [6.07, 6.45) is 0.0914. The molecule has 1 N–H and O–H groups in total. The number of benzene rings is 1. The predicted octanol–water partition coefficient (Wildman–Crippen LogP) is 0.998.